The van der Waals surface area contributed by atoms with Gasteiger partial charge in [0.15, 0.2) is 11.5 Å². The Morgan fingerprint density at radius 1 is 1.00 bits per heavy atom. The van der Waals surface area contributed by atoms with E-state index in [4.69, 9.17) is 34.2 Å². The van der Waals surface area contributed by atoms with Gasteiger partial charge < -0.3 is 34.2 Å². The van der Waals surface area contributed by atoms with Crippen molar-refractivity contribution >= 4 is 17.8 Å². The Balaban J connectivity index is 1.56. The molecule has 3 atom stereocenters. The Bertz CT molecular complexity index is 1330. The van der Waals surface area contributed by atoms with Crippen LogP contribution in [0.1, 0.15) is 33.4 Å². The zero-order chi connectivity index (χ0) is 27.2. The normalized spacial score (nSPS) is 18.4. The number of esters is 2. The molecule has 0 aliphatic carbocycles. The molecule has 0 unspecified atom stereocenters. The number of anilines is 1. The van der Waals surface area contributed by atoms with E-state index in [-0.39, 0.29) is 35.9 Å². The van der Waals surface area contributed by atoms with Gasteiger partial charge in [0, 0.05) is 12.6 Å². The lowest BCUT2D eigenvalue weighted by atomic mass is 10.1. The molecule has 1 saturated heterocycles. The van der Waals surface area contributed by atoms with Crippen LogP contribution in [0.4, 0.5) is 5.82 Å². The van der Waals surface area contributed by atoms with E-state index in [0.29, 0.717) is 11.3 Å². The number of aromatic nitrogens is 2. The number of hydrogen-bond donors (Lipinski definition) is 1. The number of nitrogens with zero attached hydrogens (tertiary/aromatic N) is 2. The Morgan fingerprint density at radius 2 is 1.68 bits per heavy atom. The van der Waals surface area contributed by atoms with E-state index in [0.717, 1.165) is 0 Å². The van der Waals surface area contributed by atoms with Gasteiger partial charge in [-0.2, -0.15) is 4.98 Å². The zero-order valence-corrected chi connectivity index (χ0v) is 21.0. The monoisotopic (exact) mass is 525 g/mol. The summed E-state index contributed by atoms with van der Waals surface area (Å²) in [6, 6.07) is 12.8. The highest BCUT2D eigenvalue weighted by atomic mass is 16.6. The van der Waals surface area contributed by atoms with Gasteiger partial charge in [-0.3, -0.25) is 4.57 Å². The third-order valence-corrected chi connectivity index (χ3v) is 5.89. The van der Waals surface area contributed by atoms with Gasteiger partial charge >= 0.3 is 17.6 Å². The molecule has 0 bridgehead atoms. The molecule has 0 amide bonds. The summed E-state index contributed by atoms with van der Waals surface area (Å²) in [5.41, 5.74) is 5.45. The molecular weight excluding hydrogens is 498 g/mol. The summed E-state index contributed by atoms with van der Waals surface area (Å²) >= 11 is 0. The molecule has 200 valence electrons. The summed E-state index contributed by atoms with van der Waals surface area (Å²) in [6.45, 7) is -0.228. The number of ether oxygens (including phenoxy) is 6. The van der Waals surface area contributed by atoms with Gasteiger partial charge in [-0.1, -0.05) is 18.2 Å². The van der Waals surface area contributed by atoms with E-state index in [9.17, 15) is 14.4 Å². The summed E-state index contributed by atoms with van der Waals surface area (Å²) in [7, 11) is 4.30. The van der Waals surface area contributed by atoms with Crippen LogP contribution < -0.4 is 25.6 Å². The van der Waals surface area contributed by atoms with Crippen LogP contribution in [0.2, 0.25) is 0 Å². The molecule has 1 fully saturated rings. The number of carbonyl (C=O) groups excluding carboxylic acids is 2. The third-order valence-electron chi connectivity index (χ3n) is 5.89. The van der Waals surface area contributed by atoms with Gasteiger partial charge in [0.05, 0.1) is 32.5 Å². The number of methoxy groups -OCH3 is 3. The number of hydrogen-bond acceptors (Lipinski definition) is 11. The van der Waals surface area contributed by atoms with E-state index in [1.165, 1.54) is 50.3 Å². The second kappa shape index (κ2) is 11.6. The molecule has 12 heteroatoms. The largest absolute Gasteiger partial charge is 0.493 e. The van der Waals surface area contributed by atoms with Gasteiger partial charge in [0.2, 0.25) is 5.75 Å². The lowest BCUT2D eigenvalue weighted by Crippen LogP contribution is -2.32. The second-order valence-electron chi connectivity index (χ2n) is 8.23. The van der Waals surface area contributed by atoms with Crippen molar-refractivity contribution in [2.45, 2.75) is 24.9 Å². The van der Waals surface area contributed by atoms with Gasteiger partial charge in [0.25, 0.3) is 0 Å². The van der Waals surface area contributed by atoms with Crippen LogP contribution in [0.5, 0.6) is 17.2 Å². The SMILES string of the molecule is COc1cc(C(=O)O[C@H]2C[C@@H](n3ccc(N)nc3=O)O[C@@H]2COC(=O)c2ccccc2)cc(OC)c1OC. The van der Waals surface area contributed by atoms with Crippen LogP contribution in [-0.2, 0) is 14.2 Å². The fraction of sp³-hybridized carbons (Fsp3) is 0.308. The van der Waals surface area contributed by atoms with E-state index in [1.807, 2.05) is 0 Å². The van der Waals surface area contributed by atoms with Crippen LogP contribution in [0, 0.1) is 0 Å². The lowest BCUT2D eigenvalue weighted by Gasteiger charge is -2.19. The number of carbonyl (C=O) groups is 2. The minimum absolute atomic E-state index is 0.0583. The minimum atomic E-state index is -0.875. The first kappa shape index (κ1) is 26.5. The molecule has 2 aromatic carbocycles. The minimum Gasteiger partial charge on any atom is -0.493 e. The third kappa shape index (κ3) is 5.70. The molecule has 12 nitrogen and oxygen atoms in total. The number of rotatable bonds is 9. The highest BCUT2D eigenvalue weighted by Crippen LogP contribution is 2.39. The van der Waals surface area contributed by atoms with E-state index in [1.54, 1.807) is 30.3 Å². The van der Waals surface area contributed by atoms with Gasteiger partial charge in [-0.25, -0.2) is 14.4 Å². The van der Waals surface area contributed by atoms with Crippen molar-refractivity contribution in [3.05, 3.63) is 76.3 Å². The maximum atomic E-state index is 13.2. The van der Waals surface area contributed by atoms with Crippen molar-refractivity contribution in [3.63, 3.8) is 0 Å². The molecule has 0 spiro atoms. The molecule has 38 heavy (non-hydrogen) atoms. The molecule has 0 radical (unpaired) electrons. The maximum Gasteiger partial charge on any atom is 0.351 e. The number of benzene rings is 2. The summed E-state index contributed by atoms with van der Waals surface area (Å²) in [5, 5.41) is 0. The predicted octanol–water partition coefficient (Wildman–Crippen LogP) is 2.22. The van der Waals surface area contributed by atoms with Crippen molar-refractivity contribution in [1.82, 2.24) is 9.55 Å². The fourth-order valence-electron chi connectivity index (χ4n) is 4.01. The summed E-state index contributed by atoms with van der Waals surface area (Å²) in [6.07, 6.45) is -1.06. The van der Waals surface area contributed by atoms with Crippen LogP contribution in [0.3, 0.4) is 0 Å². The average Bonchev–Trinajstić information content (AvgIpc) is 3.32. The first-order chi connectivity index (χ1) is 18.3. The van der Waals surface area contributed by atoms with Crippen LogP contribution in [-0.4, -0.2) is 61.6 Å². The predicted molar refractivity (Wildman–Crippen MR) is 133 cm³/mol. The summed E-state index contributed by atoms with van der Waals surface area (Å²) in [4.78, 5) is 41.8. The highest BCUT2D eigenvalue weighted by Gasteiger charge is 2.40. The number of nitrogens with two attached hydrogens (primary N) is 1. The maximum absolute atomic E-state index is 13.2. The first-order valence-corrected chi connectivity index (χ1v) is 11.6. The van der Waals surface area contributed by atoms with Gasteiger partial charge in [-0.15, -0.1) is 0 Å². The quantitative estimate of drug-likeness (QED) is 0.410. The molecule has 3 aromatic rings. The molecule has 2 heterocycles. The van der Waals surface area contributed by atoms with Gasteiger partial charge in [0.1, 0.15) is 30.9 Å². The Morgan fingerprint density at radius 3 is 2.29 bits per heavy atom. The molecule has 2 N–H and O–H groups in total. The summed E-state index contributed by atoms with van der Waals surface area (Å²) in [5.74, 6) is -0.363. The Hall–Kier alpha value is -4.58. The number of nitrogen functional groups attached to an aromatic ring is 1. The highest BCUT2D eigenvalue weighted by molar-refractivity contribution is 5.91. The molecule has 0 saturated carbocycles. The molecule has 1 aromatic heterocycles. The van der Waals surface area contributed by atoms with E-state index >= 15 is 0 Å². The average molecular weight is 526 g/mol. The lowest BCUT2D eigenvalue weighted by molar-refractivity contribution is -0.0582. The molecule has 1 aliphatic heterocycles. The zero-order valence-electron chi connectivity index (χ0n) is 21.0. The second-order valence-corrected chi connectivity index (χ2v) is 8.23. The van der Waals surface area contributed by atoms with Crippen molar-refractivity contribution in [3.8, 4) is 17.2 Å². The Kier molecular flexibility index (Phi) is 8.12. The van der Waals surface area contributed by atoms with E-state index in [2.05, 4.69) is 4.98 Å². The van der Waals surface area contributed by atoms with Crippen LogP contribution in [0.15, 0.2) is 59.5 Å². The molecule has 1 aliphatic rings. The van der Waals surface area contributed by atoms with Crippen LogP contribution in [0.25, 0.3) is 0 Å². The Labute approximate surface area is 217 Å². The smallest absolute Gasteiger partial charge is 0.351 e. The standard InChI is InChI=1S/C26H27N3O9/c1-33-18-11-16(12-19(34-2)23(18)35-3)25(31)38-17-13-22(29-10-9-21(27)28-26(29)32)37-20(17)14-36-24(30)15-7-5-4-6-8-15/h4-12,17,20,22H,13-14H2,1-3H3,(H2,27,28,32)/t17-,20+,22-/m0/s1. The molecule has 4 rings (SSSR count). The fourth-order valence-corrected chi connectivity index (χ4v) is 4.01. The first-order valence-electron chi connectivity index (χ1n) is 11.6. The van der Waals surface area contributed by atoms with E-state index < -0.39 is 36.1 Å². The van der Waals surface area contributed by atoms with Crippen molar-refractivity contribution < 1.29 is 38.0 Å². The topological polar surface area (TPSA) is 150 Å². The van der Waals surface area contributed by atoms with Crippen LogP contribution >= 0.6 is 0 Å². The molecular formula is C26H27N3O9. The van der Waals surface area contributed by atoms with Crippen molar-refractivity contribution in [2.24, 2.45) is 0 Å². The van der Waals surface area contributed by atoms with Gasteiger partial charge in [-0.05, 0) is 30.3 Å². The van der Waals surface area contributed by atoms with Crippen molar-refractivity contribution in [1.29, 1.82) is 0 Å². The van der Waals surface area contributed by atoms with Crippen molar-refractivity contribution in [2.75, 3.05) is 33.7 Å². The summed E-state index contributed by atoms with van der Waals surface area (Å²) < 4.78 is 34.3.